The molecular weight excluding hydrogens is 232 g/mol. The minimum absolute atomic E-state index is 0.0154. The van der Waals surface area contributed by atoms with Gasteiger partial charge in [0.15, 0.2) is 0 Å². The van der Waals surface area contributed by atoms with Gasteiger partial charge in [-0.15, -0.1) is 0 Å². The van der Waals surface area contributed by atoms with Gasteiger partial charge in [0, 0.05) is 13.2 Å². The molecule has 0 aromatic rings. The second-order valence-electron chi connectivity index (χ2n) is 4.58. The zero-order valence-electron chi connectivity index (χ0n) is 11.6. The number of nitrogens with one attached hydrogen (secondary N) is 1. The van der Waals surface area contributed by atoms with Crippen molar-refractivity contribution < 1.29 is 14.3 Å². The molecule has 1 fully saturated rings. The van der Waals surface area contributed by atoms with E-state index in [-0.39, 0.29) is 18.4 Å². The molecule has 2 amide bonds. The molecule has 0 atom stereocenters. The molecule has 1 heterocycles. The van der Waals surface area contributed by atoms with Gasteiger partial charge in [-0.3, -0.25) is 9.59 Å². The van der Waals surface area contributed by atoms with Gasteiger partial charge in [-0.1, -0.05) is 20.8 Å². The Kier molecular flexibility index (Phi) is 5.59. The minimum atomic E-state index is -0.690. The lowest BCUT2D eigenvalue weighted by atomic mass is 9.87. The summed E-state index contributed by atoms with van der Waals surface area (Å²) < 4.78 is 5.43. The summed E-state index contributed by atoms with van der Waals surface area (Å²) in [4.78, 5) is 25.8. The third-order valence-electron chi connectivity index (χ3n) is 3.62. The second-order valence-corrected chi connectivity index (χ2v) is 4.58. The van der Waals surface area contributed by atoms with Gasteiger partial charge < -0.3 is 15.0 Å². The van der Waals surface area contributed by atoms with E-state index in [0.717, 1.165) is 6.42 Å². The van der Waals surface area contributed by atoms with E-state index in [1.54, 1.807) is 4.90 Å². The number of nitrogens with zero attached hydrogens (tertiary/aromatic N) is 1. The van der Waals surface area contributed by atoms with Crippen molar-refractivity contribution in [3.63, 3.8) is 0 Å². The van der Waals surface area contributed by atoms with Crippen LogP contribution in [-0.2, 0) is 14.3 Å². The first-order valence-electron chi connectivity index (χ1n) is 6.78. The molecular formula is C13H24N2O3. The lowest BCUT2D eigenvalue weighted by molar-refractivity contribution is -0.155. The van der Waals surface area contributed by atoms with Crippen molar-refractivity contribution in [3.05, 3.63) is 0 Å². The van der Waals surface area contributed by atoms with Crippen molar-refractivity contribution in [1.82, 2.24) is 10.2 Å². The van der Waals surface area contributed by atoms with Gasteiger partial charge in [0.25, 0.3) is 0 Å². The molecule has 1 saturated heterocycles. The van der Waals surface area contributed by atoms with Gasteiger partial charge in [-0.25, -0.2) is 0 Å². The molecule has 0 saturated carbocycles. The van der Waals surface area contributed by atoms with Crippen LogP contribution in [0.1, 0.15) is 40.0 Å². The van der Waals surface area contributed by atoms with Crippen LogP contribution in [0.2, 0.25) is 0 Å². The SMILES string of the molecule is CCCOCCN1C(=O)CNC(=O)C1(CC)CC. The summed E-state index contributed by atoms with van der Waals surface area (Å²) in [5, 5.41) is 2.69. The topological polar surface area (TPSA) is 58.6 Å². The van der Waals surface area contributed by atoms with Crippen LogP contribution in [0.4, 0.5) is 0 Å². The standard InChI is InChI=1S/C13H24N2O3/c1-4-8-18-9-7-15-11(16)10-14-12(17)13(15,5-2)6-3/h4-10H2,1-3H3,(H,14,17). The molecule has 1 N–H and O–H groups in total. The summed E-state index contributed by atoms with van der Waals surface area (Å²) in [6, 6.07) is 0. The molecule has 0 aromatic heterocycles. The number of piperazine rings is 1. The smallest absolute Gasteiger partial charge is 0.246 e. The Morgan fingerprint density at radius 2 is 1.89 bits per heavy atom. The monoisotopic (exact) mass is 256 g/mol. The van der Waals surface area contributed by atoms with E-state index in [1.807, 2.05) is 20.8 Å². The van der Waals surface area contributed by atoms with Gasteiger partial charge in [-0.05, 0) is 19.3 Å². The fourth-order valence-corrected chi connectivity index (χ4v) is 2.47. The Balaban J connectivity index is 2.73. The molecule has 0 radical (unpaired) electrons. The fraction of sp³-hybridized carbons (Fsp3) is 0.846. The van der Waals surface area contributed by atoms with Crippen molar-refractivity contribution in [3.8, 4) is 0 Å². The number of carbonyl (C=O) groups is 2. The van der Waals surface area contributed by atoms with Crippen molar-refractivity contribution in [1.29, 1.82) is 0 Å². The predicted molar refractivity (Wildman–Crippen MR) is 69.1 cm³/mol. The molecule has 0 unspecified atom stereocenters. The molecule has 0 spiro atoms. The normalized spacial score (nSPS) is 18.9. The first kappa shape index (κ1) is 15.0. The van der Waals surface area contributed by atoms with Crippen molar-refractivity contribution in [2.45, 2.75) is 45.6 Å². The van der Waals surface area contributed by atoms with E-state index in [4.69, 9.17) is 4.74 Å². The van der Waals surface area contributed by atoms with Crippen molar-refractivity contribution >= 4 is 11.8 Å². The third kappa shape index (κ3) is 2.83. The maximum absolute atomic E-state index is 12.1. The maximum atomic E-state index is 12.1. The molecule has 18 heavy (non-hydrogen) atoms. The largest absolute Gasteiger partial charge is 0.380 e. The third-order valence-corrected chi connectivity index (χ3v) is 3.62. The van der Waals surface area contributed by atoms with E-state index >= 15 is 0 Å². The highest BCUT2D eigenvalue weighted by molar-refractivity contribution is 5.97. The molecule has 1 aliphatic heterocycles. The van der Waals surface area contributed by atoms with Crippen molar-refractivity contribution in [2.75, 3.05) is 26.3 Å². The van der Waals surface area contributed by atoms with Crippen LogP contribution >= 0.6 is 0 Å². The molecule has 0 aliphatic carbocycles. The zero-order chi connectivity index (χ0) is 13.6. The average Bonchev–Trinajstić information content (AvgIpc) is 2.39. The lowest BCUT2D eigenvalue weighted by Crippen LogP contribution is -2.67. The Morgan fingerprint density at radius 3 is 2.44 bits per heavy atom. The number of ether oxygens (including phenoxy) is 1. The highest BCUT2D eigenvalue weighted by atomic mass is 16.5. The molecule has 5 nitrogen and oxygen atoms in total. The number of rotatable bonds is 7. The fourth-order valence-electron chi connectivity index (χ4n) is 2.47. The van der Waals surface area contributed by atoms with E-state index in [9.17, 15) is 9.59 Å². The van der Waals surface area contributed by atoms with Gasteiger partial charge in [-0.2, -0.15) is 0 Å². The average molecular weight is 256 g/mol. The first-order chi connectivity index (χ1) is 8.62. The van der Waals surface area contributed by atoms with Gasteiger partial charge in [0.2, 0.25) is 11.8 Å². The van der Waals surface area contributed by atoms with Crippen LogP contribution in [0.25, 0.3) is 0 Å². The summed E-state index contributed by atoms with van der Waals surface area (Å²) in [5.74, 6) is -0.0546. The zero-order valence-corrected chi connectivity index (χ0v) is 11.6. The van der Waals surface area contributed by atoms with Crippen LogP contribution in [0, 0.1) is 0 Å². The lowest BCUT2D eigenvalue weighted by Gasteiger charge is -2.45. The summed E-state index contributed by atoms with van der Waals surface area (Å²) in [6.07, 6.45) is 2.23. The number of hydrogen-bond acceptors (Lipinski definition) is 3. The quantitative estimate of drug-likeness (QED) is 0.689. The summed E-state index contributed by atoms with van der Waals surface area (Å²) in [6.45, 7) is 7.72. The minimum Gasteiger partial charge on any atom is -0.380 e. The Bertz CT molecular complexity index is 301. The van der Waals surface area contributed by atoms with Gasteiger partial charge in [0.05, 0.1) is 13.2 Å². The highest BCUT2D eigenvalue weighted by Gasteiger charge is 2.46. The Hall–Kier alpha value is -1.10. The molecule has 104 valence electrons. The summed E-state index contributed by atoms with van der Waals surface area (Å²) >= 11 is 0. The highest BCUT2D eigenvalue weighted by Crippen LogP contribution is 2.26. The van der Waals surface area contributed by atoms with Crippen LogP contribution in [0.5, 0.6) is 0 Å². The molecule has 1 aliphatic rings. The van der Waals surface area contributed by atoms with E-state index < -0.39 is 5.54 Å². The Morgan fingerprint density at radius 1 is 1.22 bits per heavy atom. The van der Waals surface area contributed by atoms with Gasteiger partial charge >= 0.3 is 0 Å². The van der Waals surface area contributed by atoms with Crippen LogP contribution in [-0.4, -0.2) is 48.6 Å². The maximum Gasteiger partial charge on any atom is 0.246 e. The van der Waals surface area contributed by atoms with E-state index in [1.165, 1.54) is 0 Å². The second kappa shape index (κ2) is 6.73. The number of carbonyl (C=O) groups excluding carboxylic acids is 2. The van der Waals surface area contributed by atoms with Crippen LogP contribution in [0.3, 0.4) is 0 Å². The molecule has 0 aromatic carbocycles. The van der Waals surface area contributed by atoms with E-state index in [0.29, 0.717) is 32.6 Å². The first-order valence-corrected chi connectivity index (χ1v) is 6.78. The van der Waals surface area contributed by atoms with Gasteiger partial charge in [0.1, 0.15) is 5.54 Å². The van der Waals surface area contributed by atoms with Crippen LogP contribution in [0.15, 0.2) is 0 Å². The predicted octanol–water partition coefficient (Wildman–Crippen LogP) is 0.930. The molecule has 0 bridgehead atoms. The van der Waals surface area contributed by atoms with Crippen molar-refractivity contribution in [2.24, 2.45) is 0 Å². The number of hydrogen-bond donors (Lipinski definition) is 1. The van der Waals surface area contributed by atoms with E-state index in [2.05, 4.69) is 5.32 Å². The Labute approximate surface area is 109 Å². The van der Waals surface area contributed by atoms with Crippen LogP contribution < -0.4 is 5.32 Å². The summed E-state index contributed by atoms with van der Waals surface area (Å²) in [5.41, 5.74) is -0.690. The summed E-state index contributed by atoms with van der Waals surface area (Å²) in [7, 11) is 0. The molecule has 5 heteroatoms. The number of amides is 2. The molecule has 1 rings (SSSR count).